The van der Waals surface area contributed by atoms with Crippen molar-refractivity contribution in [1.29, 1.82) is 0 Å². The second-order valence-corrected chi connectivity index (χ2v) is 5.74. The first-order chi connectivity index (χ1) is 9.74. The molecule has 1 unspecified atom stereocenters. The van der Waals surface area contributed by atoms with E-state index in [0.717, 1.165) is 26.1 Å². The lowest BCUT2D eigenvalue weighted by Crippen LogP contribution is -2.39. The highest BCUT2D eigenvalue weighted by atomic mass is 16.6. The van der Waals surface area contributed by atoms with Crippen LogP contribution in [0.2, 0.25) is 0 Å². The standard InChI is InChI=1S/C14H20N4O2/c19-18(20)14-13(4-2-8-16-14)17(9-11-5-6-11)10-12-3-1-7-15-12/h2,4,8,11-12,15H,1,3,5-7,9-10H2. The lowest BCUT2D eigenvalue weighted by molar-refractivity contribution is -0.388. The molecule has 1 N–H and O–H groups in total. The third kappa shape index (κ3) is 3.07. The Morgan fingerprint density at radius 1 is 1.40 bits per heavy atom. The summed E-state index contributed by atoms with van der Waals surface area (Å²) in [6.45, 7) is 2.80. The first kappa shape index (κ1) is 13.3. The van der Waals surface area contributed by atoms with Crippen LogP contribution in [0.3, 0.4) is 0 Å². The van der Waals surface area contributed by atoms with E-state index in [2.05, 4.69) is 15.2 Å². The first-order valence-corrected chi connectivity index (χ1v) is 7.32. The molecule has 0 radical (unpaired) electrons. The Morgan fingerprint density at radius 3 is 2.90 bits per heavy atom. The monoisotopic (exact) mass is 276 g/mol. The summed E-state index contributed by atoms with van der Waals surface area (Å²) in [4.78, 5) is 16.9. The van der Waals surface area contributed by atoms with Crippen LogP contribution in [0.15, 0.2) is 18.3 Å². The summed E-state index contributed by atoms with van der Waals surface area (Å²) >= 11 is 0. The van der Waals surface area contributed by atoms with Crippen molar-refractivity contribution < 1.29 is 4.92 Å². The minimum atomic E-state index is -0.378. The molecule has 0 amide bonds. The topological polar surface area (TPSA) is 71.3 Å². The summed E-state index contributed by atoms with van der Waals surface area (Å²) in [5, 5.41) is 14.6. The Hall–Kier alpha value is -1.69. The summed E-state index contributed by atoms with van der Waals surface area (Å²) < 4.78 is 0. The number of anilines is 1. The van der Waals surface area contributed by atoms with Gasteiger partial charge < -0.3 is 20.3 Å². The van der Waals surface area contributed by atoms with Crippen molar-refractivity contribution in [3.8, 4) is 0 Å². The van der Waals surface area contributed by atoms with Gasteiger partial charge in [0, 0.05) is 19.1 Å². The normalized spacial score (nSPS) is 21.9. The van der Waals surface area contributed by atoms with Crippen LogP contribution < -0.4 is 10.2 Å². The average Bonchev–Trinajstić information content (AvgIpc) is 3.12. The van der Waals surface area contributed by atoms with E-state index in [1.54, 1.807) is 6.07 Å². The van der Waals surface area contributed by atoms with E-state index < -0.39 is 0 Å². The number of nitro groups is 1. The van der Waals surface area contributed by atoms with Crippen LogP contribution in [0.1, 0.15) is 25.7 Å². The minimum Gasteiger partial charge on any atom is -0.363 e. The van der Waals surface area contributed by atoms with Crippen molar-refractivity contribution in [2.24, 2.45) is 5.92 Å². The van der Waals surface area contributed by atoms with Gasteiger partial charge in [0.25, 0.3) is 0 Å². The SMILES string of the molecule is O=[N+]([O-])c1ncccc1N(CC1CC1)CC1CCCN1. The molecule has 1 aliphatic heterocycles. The molecule has 2 aliphatic rings. The zero-order valence-electron chi connectivity index (χ0n) is 11.5. The van der Waals surface area contributed by atoms with E-state index in [-0.39, 0.29) is 10.7 Å². The second-order valence-electron chi connectivity index (χ2n) is 5.74. The van der Waals surface area contributed by atoms with Crippen molar-refractivity contribution in [1.82, 2.24) is 10.3 Å². The maximum Gasteiger partial charge on any atom is 0.387 e. The molecule has 1 atom stereocenters. The molecule has 6 nitrogen and oxygen atoms in total. The van der Waals surface area contributed by atoms with E-state index in [0.29, 0.717) is 17.6 Å². The number of pyridine rings is 1. The van der Waals surface area contributed by atoms with Gasteiger partial charge in [-0.25, -0.2) is 0 Å². The van der Waals surface area contributed by atoms with Crippen LogP contribution in [0.25, 0.3) is 0 Å². The van der Waals surface area contributed by atoms with E-state index in [1.165, 1.54) is 25.5 Å². The fourth-order valence-electron chi connectivity index (χ4n) is 2.84. The summed E-state index contributed by atoms with van der Waals surface area (Å²) in [6.07, 6.45) is 6.31. The molecule has 1 saturated heterocycles. The van der Waals surface area contributed by atoms with E-state index in [9.17, 15) is 10.1 Å². The van der Waals surface area contributed by atoms with Gasteiger partial charge in [-0.1, -0.05) is 0 Å². The number of nitrogens with zero attached hydrogens (tertiary/aromatic N) is 3. The molecular weight excluding hydrogens is 256 g/mol. The molecule has 108 valence electrons. The van der Waals surface area contributed by atoms with E-state index >= 15 is 0 Å². The number of nitrogens with one attached hydrogen (secondary N) is 1. The molecule has 1 aromatic rings. The molecule has 1 aliphatic carbocycles. The van der Waals surface area contributed by atoms with Crippen LogP contribution >= 0.6 is 0 Å². The molecule has 0 aromatic carbocycles. The quantitative estimate of drug-likeness (QED) is 0.635. The largest absolute Gasteiger partial charge is 0.387 e. The van der Waals surface area contributed by atoms with Gasteiger partial charge in [-0.3, -0.25) is 0 Å². The minimum absolute atomic E-state index is 0.0221. The molecule has 2 heterocycles. The fourth-order valence-corrected chi connectivity index (χ4v) is 2.84. The number of hydrogen-bond acceptors (Lipinski definition) is 5. The van der Waals surface area contributed by atoms with Gasteiger partial charge in [-0.2, -0.15) is 0 Å². The summed E-state index contributed by atoms with van der Waals surface area (Å²) in [7, 11) is 0. The van der Waals surface area contributed by atoms with E-state index in [1.807, 2.05) is 6.07 Å². The Morgan fingerprint density at radius 2 is 2.25 bits per heavy atom. The summed E-state index contributed by atoms with van der Waals surface area (Å²) in [5.41, 5.74) is 0.665. The summed E-state index contributed by atoms with van der Waals surface area (Å²) in [6, 6.07) is 4.04. The lowest BCUT2D eigenvalue weighted by atomic mass is 10.2. The van der Waals surface area contributed by atoms with Gasteiger partial charge in [0.15, 0.2) is 0 Å². The van der Waals surface area contributed by atoms with Crippen LogP contribution in [0.5, 0.6) is 0 Å². The van der Waals surface area contributed by atoms with Gasteiger partial charge >= 0.3 is 5.82 Å². The predicted molar refractivity (Wildman–Crippen MR) is 76.9 cm³/mol. The molecule has 3 rings (SSSR count). The number of hydrogen-bond donors (Lipinski definition) is 1. The maximum absolute atomic E-state index is 11.2. The molecule has 20 heavy (non-hydrogen) atoms. The van der Waals surface area contributed by atoms with Crippen LogP contribution in [0, 0.1) is 16.0 Å². The van der Waals surface area contributed by atoms with Gasteiger partial charge in [-0.15, -0.1) is 0 Å². The third-order valence-corrected chi connectivity index (χ3v) is 4.06. The predicted octanol–water partition coefficient (Wildman–Crippen LogP) is 1.96. The van der Waals surface area contributed by atoms with Gasteiger partial charge in [-0.05, 0) is 60.2 Å². The van der Waals surface area contributed by atoms with Gasteiger partial charge in [0.05, 0.1) is 0 Å². The third-order valence-electron chi connectivity index (χ3n) is 4.06. The first-order valence-electron chi connectivity index (χ1n) is 7.32. The van der Waals surface area contributed by atoms with Gasteiger partial charge in [0.1, 0.15) is 11.9 Å². The maximum atomic E-state index is 11.2. The van der Waals surface area contributed by atoms with Crippen LogP contribution in [0.4, 0.5) is 11.5 Å². The summed E-state index contributed by atoms with van der Waals surface area (Å²) in [5.74, 6) is 0.669. The molecule has 2 fully saturated rings. The molecular formula is C14H20N4O2. The highest BCUT2D eigenvalue weighted by Gasteiger charge is 2.30. The molecule has 0 spiro atoms. The molecule has 1 aromatic heterocycles. The smallest absolute Gasteiger partial charge is 0.363 e. The molecule has 0 bridgehead atoms. The highest BCUT2D eigenvalue weighted by Crippen LogP contribution is 2.34. The number of aromatic nitrogens is 1. The Balaban J connectivity index is 1.81. The van der Waals surface area contributed by atoms with Crippen molar-refractivity contribution in [2.75, 3.05) is 24.5 Å². The Kier molecular flexibility index (Phi) is 3.82. The van der Waals surface area contributed by atoms with Crippen molar-refractivity contribution in [3.63, 3.8) is 0 Å². The molecule has 6 heteroatoms. The zero-order chi connectivity index (χ0) is 13.9. The lowest BCUT2D eigenvalue weighted by Gasteiger charge is -2.27. The number of rotatable bonds is 6. The Bertz CT molecular complexity index is 484. The fraction of sp³-hybridized carbons (Fsp3) is 0.643. The second kappa shape index (κ2) is 5.75. The van der Waals surface area contributed by atoms with E-state index in [4.69, 9.17) is 0 Å². The molecule has 1 saturated carbocycles. The average molecular weight is 276 g/mol. The van der Waals surface area contributed by atoms with Crippen molar-refractivity contribution in [2.45, 2.75) is 31.7 Å². The Labute approximate surface area is 118 Å². The van der Waals surface area contributed by atoms with Crippen LogP contribution in [-0.4, -0.2) is 35.6 Å². The van der Waals surface area contributed by atoms with Crippen molar-refractivity contribution >= 4 is 11.5 Å². The van der Waals surface area contributed by atoms with Gasteiger partial charge in [0.2, 0.25) is 0 Å². The van der Waals surface area contributed by atoms with Crippen LogP contribution in [-0.2, 0) is 0 Å². The zero-order valence-corrected chi connectivity index (χ0v) is 11.5. The van der Waals surface area contributed by atoms with Crippen molar-refractivity contribution in [3.05, 3.63) is 28.4 Å². The highest BCUT2D eigenvalue weighted by molar-refractivity contribution is 5.59.